The molecule has 0 bridgehead atoms. The molecule has 2 amide bonds. The van der Waals surface area contributed by atoms with Crippen molar-refractivity contribution < 1.29 is 14.3 Å². The monoisotopic (exact) mass is 366 g/mol. The summed E-state index contributed by atoms with van der Waals surface area (Å²) >= 11 is 1.44. The van der Waals surface area contributed by atoms with Gasteiger partial charge in [-0.3, -0.25) is 14.5 Å². The van der Waals surface area contributed by atoms with Gasteiger partial charge in [0.15, 0.2) is 5.13 Å². The summed E-state index contributed by atoms with van der Waals surface area (Å²) in [6, 6.07) is 0. The van der Waals surface area contributed by atoms with E-state index in [1.165, 1.54) is 11.3 Å². The van der Waals surface area contributed by atoms with E-state index in [1.807, 2.05) is 5.38 Å². The zero-order valence-electron chi connectivity index (χ0n) is 15.0. The summed E-state index contributed by atoms with van der Waals surface area (Å²) in [5.41, 5.74) is 0.959. The van der Waals surface area contributed by atoms with E-state index in [0.29, 0.717) is 18.1 Å². The molecule has 0 saturated carbocycles. The second-order valence-electron chi connectivity index (χ2n) is 7.09. The Bertz CT molecular complexity index is 625. The Morgan fingerprint density at radius 3 is 2.80 bits per heavy atom. The predicted molar refractivity (Wildman–Crippen MR) is 96.4 cm³/mol. The van der Waals surface area contributed by atoms with Gasteiger partial charge in [-0.05, 0) is 20.3 Å². The van der Waals surface area contributed by atoms with Crippen LogP contribution >= 0.6 is 11.3 Å². The lowest BCUT2D eigenvalue weighted by atomic mass is 9.96. The minimum absolute atomic E-state index is 0.0294. The molecule has 25 heavy (non-hydrogen) atoms. The van der Waals surface area contributed by atoms with E-state index in [1.54, 1.807) is 11.9 Å². The smallest absolute Gasteiger partial charge is 0.229 e. The molecule has 3 unspecified atom stereocenters. The van der Waals surface area contributed by atoms with Crippen LogP contribution in [0.5, 0.6) is 0 Å². The highest BCUT2D eigenvalue weighted by molar-refractivity contribution is 7.13. The number of piperidine rings is 1. The minimum atomic E-state index is -0.253. The van der Waals surface area contributed by atoms with Gasteiger partial charge < -0.3 is 15.0 Å². The maximum Gasteiger partial charge on any atom is 0.229 e. The van der Waals surface area contributed by atoms with E-state index >= 15 is 0 Å². The molecule has 3 heterocycles. The normalized spacial score (nSPS) is 28.2. The molecule has 138 valence electrons. The van der Waals surface area contributed by atoms with Gasteiger partial charge in [-0.1, -0.05) is 0 Å². The zero-order valence-corrected chi connectivity index (χ0v) is 15.8. The van der Waals surface area contributed by atoms with Crippen molar-refractivity contribution in [3.63, 3.8) is 0 Å². The standard InChI is InChI=1S/C17H26N4O3S/c1-11-7-21(8-12(2)24-11)9-14-10-25-17(18-14)19-16(23)13-4-5-20(3)15(22)6-13/h10-13H,4-9H2,1-3H3,(H,18,19,23). The van der Waals surface area contributed by atoms with E-state index in [-0.39, 0.29) is 36.4 Å². The third-order valence-corrected chi connectivity index (χ3v) is 5.50. The average Bonchev–Trinajstić information content (AvgIpc) is 2.95. The molecular formula is C17H26N4O3S. The topological polar surface area (TPSA) is 74.8 Å². The third-order valence-electron chi connectivity index (χ3n) is 4.69. The fourth-order valence-electron chi connectivity index (χ4n) is 3.45. The maximum atomic E-state index is 12.4. The number of aromatic nitrogens is 1. The van der Waals surface area contributed by atoms with Crippen molar-refractivity contribution in [1.29, 1.82) is 0 Å². The highest BCUT2D eigenvalue weighted by Gasteiger charge is 2.29. The van der Waals surface area contributed by atoms with Gasteiger partial charge in [0.2, 0.25) is 11.8 Å². The fourth-order valence-corrected chi connectivity index (χ4v) is 4.16. The van der Waals surface area contributed by atoms with E-state index < -0.39 is 0 Å². The maximum absolute atomic E-state index is 12.4. The lowest BCUT2D eigenvalue weighted by Crippen LogP contribution is -2.44. The predicted octanol–water partition coefficient (Wildman–Crippen LogP) is 1.56. The van der Waals surface area contributed by atoms with Gasteiger partial charge in [0.05, 0.1) is 17.9 Å². The van der Waals surface area contributed by atoms with Crippen molar-refractivity contribution in [2.24, 2.45) is 5.92 Å². The number of ether oxygens (including phenoxy) is 1. The van der Waals surface area contributed by atoms with Crippen molar-refractivity contribution in [2.75, 3.05) is 32.0 Å². The first-order valence-electron chi connectivity index (χ1n) is 8.77. The number of carbonyl (C=O) groups is 2. The van der Waals surface area contributed by atoms with Gasteiger partial charge in [-0.2, -0.15) is 0 Å². The van der Waals surface area contributed by atoms with Gasteiger partial charge in [0, 0.05) is 50.9 Å². The molecule has 0 spiro atoms. The quantitative estimate of drug-likeness (QED) is 0.875. The molecule has 1 N–H and O–H groups in total. The molecule has 0 aliphatic carbocycles. The Hall–Kier alpha value is -1.51. The first-order chi connectivity index (χ1) is 11.9. The van der Waals surface area contributed by atoms with Crippen molar-refractivity contribution in [3.8, 4) is 0 Å². The molecular weight excluding hydrogens is 340 g/mol. The van der Waals surface area contributed by atoms with Crippen molar-refractivity contribution in [1.82, 2.24) is 14.8 Å². The van der Waals surface area contributed by atoms with Gasteiger partial charge >= 0.3 is 0 Å². The number of amides is 2. The molecule has 0 radical (unpaired) electrons. The van der Waals surface area contributed by atoms with Crippen LogP contribution in [-0.2, 0) is 20.9 Å². The second-order valence-corrected chi connectivity index (χ2v) is 7.95. The Balaban J connectivity index is 1.53. The molecule has 7 nitrogen and oxygen atoms in total. The van der Waals surface area contributed by atoms with Crippen LogP contribution in [0.1, 0.15) is 32.4 Å². The number of rotatable bonds is 4. The summed E-state index contributed by atoms with van der Waals surface area (Å²) in [5, 5.41) is 5.47. The largest absolute Gasteiger partial charge is 0.373 e. The van der Waals surface area contributed by atoms with Gasteiger partial charge in [-0.15, -0.1) is 11.3 Å². The highest BCUT2D eigenvalue weighted by atomic mass is 32.1. The summed E-state index contributed by atoms with van der Waals surface area (Å²) < 4.78 is 5.75. The lowest BCUT2D eigenvalue weighted by Gasteiger charge is -2.34. The van der Waals surface area contributed by atoms with Crippen LogP contribution in [0, 0.1) is 5.92 Å². The molecule has 1 aromatic heterocycles. The van der Waals surface area contributed by atoms with Crippen molar-refractivity contribution >= 4 is 28.3 Å². The number of anilines is 1. The fraction of sp³-hybridized carbons (Fsp3) is 0.706. The molecule has 8 heteroatoms. The molecule has 1 aromatic rings. The van der Waals surface area contributed by atoms with E-state index in [9.17, 15) is 9.59 Å². The lowest BCUT2D eigenvalue weighted by molar-refractivity contribution is -0.137. The number of likely N-dealkylation sites (tertiary alicyclic amines) is 1. The molecule has 3 rings (SSSR count). The van der Waals surface area contributed by atoms with E-state index in [2.05, 4.69) is 29.0 Å². The van der Waals surface area contributed by atoms with Gasteiger partial charge in [-0.25, -0.2) is 4.98 Å². The van der Waals surface area contributed by atoms with Gasteiger partial charge in [0.1, 0.15) is 0 Å². The summed E-state index contributed by atoms with van der Waals surface area (Å²) in [6.45, 7) is 7.34. The van der Waals surface area contributed by atoms with Crippen LogP contribution in [0.3, 0.4) is 0 Å². The molecule has 2 fully saturated rings. The van der Waals surface area contributed by atoms with Crippen LogP contribution in [-0.4, -0.2) is 65.5 Å². The number of thiazole rings is 1. The Kier molecular flexibility index (Phi) is 5.71. The number of nitrogens with one attached hydrogen (secondary N) is 1. The van der Waals surface area contributed by atoms with Crippen LogP contribution in [0.25, 0.3) is 0 Å². The molecule has 0 aromatic carbocycles. The summed E-state index contributed by atoms with van der Waals surface area (Å²) in [7, 11) is 1.77. The first kappa shape index (κ1) is 18.3. The molecule has 2 aliphatic heterocycles. The third kappa shape index (κ3) is 4.77. The number of morpholine rings is 1. The number of hydrogen-bond donors (Lipinski definition) is 1. The summed E-state index contributed by atoms with van der Waals surface area (Å²) in [6.07, 6.45) is 1.44. The SMILES string of the molecule is CC1CN(Cc2csc(NC(=O)C3CCN(C)C(=O)C3)n2)CC(C)O1. The van der Waals surface area contributed by atoms with Crippen LogP contribution in [0.4, 0.5) is 5.13 Å². The van der Waals surface area contributed by atoms with Crippen molar-refractivity contribution in [2.45, 2.75) is 45.4 Å². The Morgan fingerprint density at radius 1 is 1.40 bits per heavy atom. The average molecular weight is 366 g/mol. The molecule has 2 saturated heterocycles. The Morgan fingerprint density at radius 2 is 2.12 bits per heavy atom. The minimum Gasteiger partial charge on any atom is -0.373 e. The second kappa shape index (κ2) is 7.80. The van der Waals surface area contributed by atoms with Crippen LogP contribution in [0.2, 0.25) is 0 Å². The molecule has 2 aliphatic rings. The summed E-state index contributed by atoms with van der Waals surface area (Å²) in [5.74, 6) is -0.324. The first-order valence-corrected chi connectivity index (χ1v) is 9.65. The number of hydrogen-bond acceptors (Lipinski definition) is 6. The highest BCUT2D eigenvalue weighted by Crippen LogP contribution is 2.22. The van der Waals surface area contributed by atoms with Crippen molar-refractivity contribution in [3.05, 3.63) is 11.1 Å². The number of carbonyl (C=O) groups excluding carboxylic acids is 2. The van der Waals surface area contributed by atoms with Gasteiger partial charge in [0.25, 0.3) is 0 Å². The van der Waals surface area contributed by atoms with E-state index in [0.717, 1.165) is 25.3 Å². The van der Waals surface area contributed by atoms with Crippen LogP contribution < -0.4 is 5.32 Å². The number of nitrogens with zero attached hydrogens (tertiary/aromatic N) is 3. The zero-order chi connectivity index (χ0) is 18.0. The summed E-state index contributed by atoms with van der Waals surface area (Å²) in [4.78, 5) is 32.7. The van der Waals surface area contributed by atoms with Crippen LogP contribution in [0.15, 0.2) is 5.38 Å². The Labute approximate surface area is 152 Å². The molecule has 3 atom stereocenters. The van der Waals surface area contributed by atoms with E-state index in [4.69, 9.17) is 4.74 Å².